The summed E-state index contributed by atoms with van der Waals surface area (Å²) in [4.78, 5) is 0. The van der Waals surface area contributed by atoms with E-state index in [9.17, 15) is 0 Å². The molecule has 3 rings (SSSR count). The highest BCUT2D eigenvalue weighted by atomic mass is 16.5. The molecule has 0 aliphatic rings. The van der Waals surface area contributed by atoms with Gasteiger partial charge in [0.1, 0.15) is 22.9 Å². The summed E-state index contributed by atoms with van der Waals surface area (Å²) in [5.74, 6) is 13.8. The molecule has 138 valence electrons. The molecule has 0 saturated carbocycles. The normalized spacial score (nSPS) is 9.50. The number of hydrogen-bond acceptors (Lipinski definition) is 4. The van der Waals surface area contributed by atoms with E-state index in [2.05, 4.69) is 33.9 Å². The number of benzene rings is 2. The van der Waals surface area contributed by atoms with Gasteiger partial charge in [-0.25, -0.2) is 0 Å². The van der Waals surface area contributed by atoms with Gasteiger partial charge in [0.25, 0.3) is 0 Å². The fourth-order valence-electron chi connectivity index (χ4n) is 2.34. The second-order valence-corrected chi connectivity index (χ2v) is 5.72. The lowest BCUT2D eigenvalue weighted by molar-refractivity contribution is 0.340. The SMILES string of the molecule is CCOc1ccc(C#Cc2ccc(C#Cc3ccc(OCC)cc3)nn2)cc1. The summed E-state index contributed by atoms with van der Waals surface area (Å²) in [6.45, 7) is 5.21. The molecule has 0 aliphatic heterocycles. The summed E-state index contributed by atoms with van der Waals surface area (Å²) in [6.07, 6.45) is 0. The van der Waals surface area contributed by atoms with Crippen molar-refractivity contribution in [1.82, 2.24) is 10.2 Å². The largest absolute Gasteiger partial charge is 0.494 e. The van der Waals surface area contributed by atoms with Gasteiger partial charge >= 0.3 is 0 Å². The van der Waals surface area contributed by atoms with Crippen LogP contribution in [0.5, 0.6) is 11.5 Å². The first-order valence-corrected chi connectivity index (χ1v) is 9.10. The summed E-state index contributed by atoms with van der Waals surface area (Å²) in [5, 5.41) is 8.24. The van der Waals surface area contributed by atoms with Gasteiger partial charge in [-0.2, -0.15) is 0 Å². The Hall–Kier alpha value is -3.76. The maximum Gasteiger partial charge on any atom is 0.136 e. The molecule has 2 aromatic carbocycles. The van der Waals surface area contributed by atoms with Crippen molar-refractivity contribution < 1.29 is 9.47 Å². The molecule has 0 radical (unpaired) electrons. The molecule has 0 saturated heterocycles. The highest BCUT2D eigenvalue weighted by Crippen LogP contribution is 2.12. The van der Waals surface area contributed by atoms with Crippen molar-refractivity contribution in [2.24, 2.45) is 0 Å². The van der Waals surface area contributed by atoms with Gasteiger partial charge in [-0.3, -0.25) is 0 Å². The van der Waals surface area contributed by atoms with E-state index in [0.717, 1.165) is 22.6 Å². The summed E-state index contributed by atoms with van der Waals surface area (Å²) < 4.78 is 10.8. The van der Waals surface area contributed by atoms with Crippen LogP contribution in [0, 0.1) is 23.7 Å². The minimum Gasteiger partial charge on any atom is -0.494 e. The van der Waals surface area contributed by atoms with Crippen LogP contribution in [0.2, 0.25) is 0 Å². The minimum absolute atomic E-state index is 0.598. The number of ether oxygens (including phenoxy) is 2. The first-order valence-electron chi connectivity index (χ1n) is 9.10. The quantitative estimate of drug-likeness (QED) is 0.651. The molecular formula is C24H20N2O2. The van der Waals surface area contributed by atoms with Crippen molar-refractivity contribution in [3.05, 3.63) is 83.2 Å². The lowest BCUT2D eigenvalue weighted by Crippen LogP contribution is -1.92. The van der Waals surface area contributed by atoms with Gasteiger partial charge in [-0.15, -0.1) is 10.2 Å². The third-order valence-electron chi connectivity index (χ3n) is 3.66. The van der Waals surface area contributed by atoms with Crippen molar-refractivity contribution in [3.63, 3.8) is 0 Å². The second kappa shape index (κ2) is 9.80. The number of rotatable bonds is 4. The van der Waals surface area contributed by atoms with Crippen LogP contribution in [0.3, 0.4) is 0 Å². The first-order chi connectivity index (χ1) is 13.8. The van der Waals surface area contributed by atoms with Crippen LogP contribution in [0.25, 0.3) is 0 Å². The van der Waals surface area contributed by atoms with E-state index in [1.54, 1.807) is 0 Å². The smallest absolute Gasteiger partial charge is 0.136 e. The van der Waals surface area contributed by atoms with E-state index < -0.39 is 0 Å². The van der Waals surface area contributed by atoms with Crippen molar-refractivity contribution in [3.8, 4) is 35.2 Å². The second-order valence-electron chi connectivity index (χ2n) is 5.72. The Balaban J connectivity index is 1.64. The molecule has 4 nitrogen and oxygen atoms in total. The highest BCUT2D eigenvalue weighted by molar-refractivity contribution is 5.44. The minimum atomic E-state index is 0.598. The predicted octanol–water partition coefficient (Wildman–Crippen LogP) is 4.07. The van der Waals surface area contributed by atoms with Gasteiger partial charge in [-0.05, 0) is 86.4 Å². The van der Waals surface area contributed by atoms with E-state index in [1.165, 1.54) is 0 Å². The van der Waals surface area contributed by atoms with Crippen LogP contribution in [-0.2, 0) is 0 Å². The first kappa shape index (κ1) is 19.0. The Kier molecular flexibility index (Phi) is 6.66. The lowest BCUT2D eigenvalue weighted by atomic mass is 10.2. The van der Waals surface area contributed by atoms with Crippen molar-refractivity contribution in [2.45, 2.75) is 13.8 Å². The molecule has 4 heteroatoms. The van der Waals surface area contributed by atoms with Gasteiger partial charge in [-0.1, -0.05) is 11.8 Å². The number of aromatic nitrogens is 2. The Morgan fingerprint density at radius 2 is 0.964 bits per heavy atom. The Labute approximate surface area is 165 Å². The Morgan fingerprint density at radius 3 is 1.29 bits per heavy atom. The standard InChI is InChI=1S/C24H20N2O2/c1-3-27-23-15-7-19(8-16-23)5-11-21-13-14-22(26-25-21)12-6-20-9-17-24(18-10-20)28-4-2/h7-10,13-18H,3-4H2,1-2H3. The molecule has 0 bridgehead atoms. The summed E-state index contributed by atoms with van der Waals surface area (Å²) in [6, 6.07) is 18.9. The Bertz CT molecular complexity index is 930. The number of hydrogen-bond donors (Lipinski definition) is 0. The predicted molar refractivity (Wildman–Crippen MR) is 109 cm³/mol. The average Bonchev–Trinajstić information content (AvgIpc) is 2.74. The molecule has 0 unspecified atom stereocenters. The van der Waals surface area contributed by atoms with Crippen molar-refractivity contribution in [2.75, 3.05) is 13.2 Å². The average molecular weight is 368 g/mol. The maximum atomic E-state index is 5.42. The van der Waals surface area contributed by atoms with Gasteiger partial charge in [0.05, 0.1) is 13.2 Å². The summed E-state index contributed by atoms with van der Waals surface area (Å²) >= 11 is 0. The van der Waals surface area contributed by atoms with Crippen LogP contribution in [0.4, 0.5) is 0 Å². The third kappa shape index (κ3) is 5.62. The van der Waals surface area contributed by atoms with Crippen LogP contribution < -0.4 is 9.47 Å². The molecule has 0 N–H and O–H groups in total. The molecule has 0 aliphatic carbocycles. The zero-order chi connectivity index (χ0) is 19.6. The van der Waals surface area contributed by atoms with Crippen LogP contribution >= 0.6 is 0 Å². The highest BCUT2D eigenvalue weighted by Gasteiger charge is 1.95. The molecule has 0 amide bonds. The monoisotopic (exact) mass is 368 g/mol. The van der Waals surface area contributed by atoms with Gasteiger partial charge in [0.15, 0.2) is 0 Å². The molecule has 1 aromatic heterocycles. The van der Waals surface area contributed by atoms with Gasteiger partial charge in [0.2, 0.25) is 0 Å². The van der Waals surface area contributed by atoms with Gasteiger partial charge < -0.3 is 9.47 Å². The van der Waals surface area contributed by atoms with Crippen LogP contribution in [0.15, 0.2) is 60.7 Å². The number of nitrogens with zero attached hydrogens (tertiary/aromatic N) is 2. The zero-order valence-electron chi connectivity index (χ0n) is 15.9. The zero-order valence-corrected chi connectivity index (χ0v) is 15.9. The fraction of sp³-hybridized carbons (Fsp3) is 0.167. The van der Waals surface area contributed by atoms with Gasteiger partial charge in [0, 0.05) is 11.1 Å². The third-order valence-corrected chi connectivity index (χ3v) is 3.66. The van der Waals surface area contributed by atoms with Crippen molar-refractivity contribution >= 4 is 0 Å². The molecule has 1 heterocycles. The molecule has 0 spiro atoms. The molecule has 3 aromatic rings. The fourth-order valence-corrected chi connectivity index (χ4v) is 2.34. The van der Waals surface area contributed by atoms with E-state index in [1.807, 2.05) is 74.5 Å². The maximum absolute atomic E-state index is 5.42. The Morgan fingerprint density at radius 1 is 0.571 bits per heavy atom. The topological polar surface area (TPSA) is 44.2 Å². The summed E-state index contributed by atoms with van der Waals surface area (Å²) in [5.41, 5.74) is 2.98. The molecule has 28 heavy (non-hydrogen) atoms. The van der Waals surface area contributed by atoms with Crippen LogP contribution in [-0.4, -0.2) is 23.4 Å². The molecule has 0 fully saturated rings. The van der Waals surface area contributed by atoms with E-state index in [0.29, 0.717) is 24.6 Å². The van der Waals surface area contributed by atoms with E-state index >= 15 is 0 Å². The van der Waals surface area contributed by atoms with E-state index in [-0.39, 0.29) is 0 Å². The molecule has 0 atom stereocenters. The van der Waals surface area contributed by atoms with Crippen LogP contribution in [0.1, 0.15) is 36.4 Å². The summed E-state index contributed by atoms with van der Waals surface area (Å²) in [7, 11) is 0. The molecular weight excluding hydrogens is 348 g/mol. The lowest BCUT2D eigenvalue weighted by Gasteiger charge is -2.01. The van der Waals surface area contributed by atoms with E-state index in [4.69, 9.17) is 9.47 Å². The van der Waals surface area contributed by atoms with Crippen molar-refractivity contribution in [1.29, 1.82) is 0 Å².